The zero-order valence-corrected chi connectivity index (χ0v) is 16.8. The third-order valence-corrected chi connectivity index (χ3v) is 5.09. The van der Waals surface area contributed by atoms with Crippen LogP contribution in [0.2, 0.25) is 0 Å². The van der Waals surface area contributed by atoms with E-state index in [1.807, 2.05) is 72.3 Å². The molecule has 0 radical (unpaired) electrons. The zero-order chi connectivity index (χ0) is 21.2. The second kappa shape index (κ2) is 7.87. The normalized spacial score (nSPS) is 11.0. The lowest BCUT2D eigenvalue weighted by Gasteiger charge is -2.08. The maximum Gasteiger partial charge on any atom is 0.252 e. The van der Waals surface area contributed by atoms with E-state index in [2.05, 4.69) is 20.3 Å². The molecule has 0 aliphatic heterocycles. The Hall–Kier alpha value is -4.26. The molecule has 1 amide bonds. The summed E-state index contributed by atoms with van der Waals surface area (Å²) in [7, 11) is 1.88. The number of carbonyl (C=O) groups excluding carboxylic acids is 1. The van der Waals surface area contributed by atoms with E-state index in [-0.39, 0.29) is 12.5 Å². The standard InChI is InChI=1S/C24H19N5O2/c1-29-21(28-19-12-7-13-25-22(19)29)15-26-23(30)17-10-5-6-11-18(17)24-27-14-20(31-24)16-8-3-2-4-9-16/h2-14H,15H2,1H3,(H,26,30). The van der Waals surface area contributed by atoms with Gasteiger partial charge < -0.3 is 14.3 Å². The summed E-state index contributed by atoms with van der Waals surface area (Å²) in [6.07, 6.45) is 3.40. The number of amides is 1. The molecule has 152 valence electrons. The van der Waals surface area contributed by atoms with Crippen molar-refractivity contribution in [3.8, 4) is 22.8 Å². The first kappa shape index (κ1) is 18.7. The van der Waals surface area contributed by atoms with E-state index in [1.165, 1.54) is 0 Å². The van der Waals surface area contributed by atoms with E-state index < -0.39 is 0 Å². The van der Waals surface area contributed by atoms with Crippen molar-refractivity contribution in [2.45, 2.75) is 6.54 Å². The van der Waals surface area contributed by atoms with Crippen molar-refractivity contribution in [2.24, 2.45) is 7.05 Å². The first-order valence-corrected chi connectivity index (χ1v) is 9.86. The van der Waals surface area contributed by atoms with Gasteiger partial charge in [-0.3, -0.25) is 4.79 Å². The van der Waals surface area contributed by atoms with Crippen LogP contribution >= 0.6 is 0 Å². The molecule has 5 rings (SSSR count). The number of fused-ring (bicyclic) bond motifs is 1. The second-order valence-corrected chi connectivity index (χ2v) is 7.06. The molecular formula is C24H19N5O2. The number of carbonyl (C=O) groups is 1. The van der Waals surface area contributed by atoms with Gasteiger partial charge in [-0.25, -0.2) is 15.0 Å². The van der Waals surface area contributed by atoms with Gasteiger partial charge in [-0.15, -0.1) is 0 Å². The van der Waals surface area contributed by atoms with Crippen LogP contribution in [0.25, 0.3) is 33.9 Å². The van der Waals surface area contributed by atoms with Crippen molar-refractivity contribution in [3.63, 3.8) is 0 Å². The van der Waals surface area contributed by atoms with E-state index >= 15 is 0 Å². The van der Waals surface area contributed by atoms with Gasteiger partial charge in [-0.2, -0.15) is 0 Å². The highest BCUT2D eigenvalue weighted by atomic mass is 16.4. The average molecular weight is 409 g/mol. The van der Waals surface area contributed by atoms with Crippen LogP contribution in [0, 0.1) is 0 Å². The number of benzene rings is 2. The summed E-state index contributed by atoms with van der Waals surface area (Å²) >= 11 is 0. The summed E-state index contributed by atoms with van der Waals surface area (Å²) in [6.45, 7) is 0.279. The Morgan fingerprint density at radius 3 is 2.65 bits per heavy atom. The molecular weight excluding hydrogens is 390 g/mol. The Kier molecular flexibility index (Phi) is 4.76. The molecule has 0 spiro atoms. The van der Waals surface area contributed by atoms with Crippen LogP contribution in [-0.2, 0) is 13.6 Å². The Balaban J connectivity index is 1.39. The van der Waals surface area contributed by atoms with Crippen LogP contribution in [0.3, 0.4) is 0 Å². The molecule has 31 heavy (non-hydrogen) atoms. The fraction of sp³-hybridized carbons (Fsp3) is 0.0833. The van der Waals surface area contributed by atoms with Gasteiger partial charge >= 0.3 is 0 Å². The monoisotopic (exact) mass is 409 g/mol. The molecule has 7 heteroatoms. The average Bonchev–Trinajstić information content (AvgIpc) is 3.44. The molecule has 0 atom stereocenters. The molecule has 5 aromatic rings. The Labute approximate surface area is 178 Å². The molecule has 0 saturated heterocycles. The van der Waals surface area contributed by atoms with Crippen LogP contribution in [0.1, 0.15) is 16.2 Å². The summed E-state index contributed by atoms with van der Waals surface area (Å²) in [6, 6.07) is 20.7. The van der Waals surface area contributed by atoms with Crippen LogP contribution in [-0.4, -0.2) is 25.4 Å². The third-order valence-electron chi connectivity index (χ3n) is 5.09. The van der Waals surface area contributed by atoms with Crippen molar-refractivity contribution < 1.29 is 9.21 Å². The molecule has 3 heterocycles. The Morgan fingerprint density at radius 1 is 1.00 bits per heavy atom. The van der Waals surface area contributed by atoms with Gasteiger partial charge in [0.15, 0.2) is 11.4 Å². The number of aryl methyl sites for hydroxylation is 1. The molecule has 0 bridgehead atoms. The predicted molar refractivity (Wildman–Crippen MR) is 117 cm³/mol. The van der Waals surface area contributed by atoms with E-state index in [1.54, 1.807) is 18.5 Å². The van der Waals surface area contributed by atoms with E-state index in [4.69, 9.17) is 4.42 Å². The SMILES string of the molecule is Cn1c(CNC(=O)c2ccccc2-c2ncc(-c3ccccc3)o2)nc2cccnc21. The van der Waals surface area contributed by atoms with Gasteiger partial charge in [0.2, 0.25) is 5.89 Å². The minimum Gasteiger partial charge on any atom is -0.436 e. The molecule has 0 saturated carbocycles. The van der Waals surface area contributed by atoms with Gasteiger partial charge in [0.05, 0.1) is 18.3 Å². The van der Waals surface area contributed by atoms with Gasteiger partial charge in [0.25, 0.3) is 5.91 Å². The second-order valence-electron chi connectivity index (χ2n) is 7.06. The maximum atomic E-state index is 13.0. The summed E-state index contributed by atoms with van der Waals surface area (Å²) in [4.78, 5) is 26.3. The number of hydrogen-bond acceptors (Lipinski definition) is 5. The van der Waals surface area contributed by atoms with Crippen molar-refractivity contribution in [1.82, 2.24) is 24.8 Å². The van der Waals surface area contributed by atoms with Crippen LogP contribution < -0.4 is 5.32 Å². The van der Waals surface area contributed by atoms with Gasteiger partial charge in [0, 0.05) is 24.4 Å². The maximum absolute atomic E-state index is 13.0. The number of hydrogen-bond donors (Lipinski definition) is 1. The van der Waals surface area contributed by atoms with Crippen LogP contribution in [0.5, 0.6) is 0 Å². The van der Waals surface area contributed by atoms with E-state index in [9.17, 15) is 4.79 Å². The number of oxazole rings is 1. The Bertz CT molecular complexity index is 1370. The summed E-state index contributed by atoms with van der Waals surface area (Å²) < 4.78 is 7.83. The number of nitrogens with zero attached hydrogens (tertiary/aromatic N) is 4. The molecule has 1 N–H and O–H groups in total. The summed E-state index contributed by atoms with van der Waals surface area (Å²) in [5.41, 5.74) is 3.62. The number of aromatic nitrogens is 4. The topological polar surface area (TPSA) is 85.8 Å². The van der Waals surface area contributed by atoms with Crippen molar-refractivity contribution in [3.05, 3.63) is 90.5 Å². The molecule has 2 aromatic carbocycles. The van der Waals surface area contributed by atoms with Crippen LogP contribution in [0.15, 0.2) is 83.5 Å². The Morgan fingerprint density at radius 2 is 1.81 bits per heavy atom. The number of nitrogens with one attached hydrogen (secondary N) is 1. The number of rotatable bonds is 5. The first-order valence-electron chi connectivity index (χ1n) is 9.86. The van der Waals surface area contributed by atoms with E-state index in [0.29, 0.717) is 22.8 Å². The zero-order valence-electron chi connectivity index (χ0n) is 16.8. The fourth-order valence-electron chi connectivity index (χ4n) is 3.49. The van der Waals surface area contributed by atoms with E-state index in [0.717, 1.165) is 22.6 Å². The number of imidazole rings is 1. The van der Waals surface area contributed by atoms with Crippen molar-refractivity contribution in [1.29, 1.82) is 0 Å². The van der Waals surface area contributed by atoms with Gasteiger partial charge in [-0.05, 0) is 24.3 Å². The lowest BCUT2D eigenvalue weighted by atomic mass is 10.1. The largest absolute Gasteiger partial charge is 0.436 e. The quantitative estimate of drug-likeness (QED) is 0.470. The van der Waals surface area contributed by atoms with Gasteiger partial charge in [0.1, 0.15) is 11.3 Å². The van der Waals surface area contributed by atoms with Crippen molar-refractivity contribution in [2.75, 3.05) is 0 Å². The first-order chi connectivity index (χ1) is 15.2. The van der Waals surface area contributed by atoms with Gasteiger partial charge in [-0.1, -0.05) is 42.5 Å². The number of pyridine rings is 1. The predicted octanol–water partition coefficient (Wildman–Crippen LogP) is 4.22. The lowest BCUT2D eigenvalue weighted by molar-refractivity contribution is 0.0950. The fourth-order valence-corrected chi connectivity index (χ4v) is 3.49. The highest BCUT2D eigenvalue weighted by Crippen LogP contribution is 2.28. The van der Waals surface area contributed by atoms with Crippen molar-refractivity contribution >= 4 is 17.1 Å². The highest BCUT2D eigenvalue weighted by Gasteiger charge is 2.18. The molecule has 0 unspecified atom stereocenters. The lowest BCUT2D eigenvalue weighted by Crippen LogP contribution is -2.25. The molecule has 7 nitrogen and oxygen atoms in total. The minimum absolute atomic E-state index is 0.227. The summed E-state index contributed by atoms with van der Waals surface area (Å²) in [5, 5.41) is 2.95. The highest BCUT2D eigenvalue weighted by molar-refractivity contribution is 6.00. The minimum atomic E-state index is -0.227. The summed E-state index contributed by atoms with van der Waals surface area (Å²) in [5.74, 6) is 1.55. The molecule has 3 aromatic heterocycles. The molecule has 0 aliphatic carbocycles. The third kappa shape index (κ3) is 3.57. The van der Waals surface area contributed by atoms with Crippen LogP contribution in [0.4, 0.5) is 0 Å². The molecule has 0 fully saturated rings. The smallest absolute Gasteiger partial charge is 0.252 e. The molecule has 0 aliphatic rings.